The molecule has 6 heteroatoms. The number of para-hydroxylation sites is 2. The van der Waals surface area contributed by atoms with Gasteiger partial charge in [-0.3, -0.25) is 4.79 Å². The first-order valence-corrected chi connectivity index (χ1v) is 9.82. The number of carbonyl (C=O) groups is 1. The van der Waals surface area contributed by atoms with Gasteiger partial charge in [-0.25, -0.2) is 4.98 Å². The van der Waals surface area contributed by atoms with Crippen molar-refractivity contribution in [2.45, 2.75) is 10.9 Å². The molecule has 0 atom stereocenters. The Morgan fingerprint density at radius 3 is 2.62 bits per heavy atom. The molecule has 2 aromatic carbocycles. The van der Waals surface area contributed by atoms with Crippen LogP contribution >= 0.6 is 11.8 Å². The molecule has 134 valence electrons. The summed E-state index contributed by atoms with van der Waals surface area (Å²) in [6.07, 6.45) is 0. The number of amides is 1. The lowest BCUT2D eigenvalue weighted by Gasteiger charge is -2.32. The molecule has 26 heavy (non-hydrogen) atoms. The fourth-order valence-electron chi connectivity index (χ4n) is 3.18. The average molecular weight is 366 g/mol. The van der Waals surface area contributed by atoms with E-state index in [1.807, 2.05) is 53.4 Å². The number of nitrogens with zero attached hydrogens (tertiary/aromatic N) is 3. The first kappa shape index (κ1) is 17.1. The molecule has 1 aliphatic rings. The first-order valence-electron chi connectivity index (χ1n) is 8.84. The van der Waals surface area contributed by atoms with Gasteiger partial charge in [0.15, 0.2) is 5.16 Å². The number of hydrogen-bond donors (Lipinski definition) is 1. The highest BCUT2D eigenvalue weighted by molar-refractivity contribution is 7.98. The van der Waals surface area contributed by atoms with E-state index in [0.717, 1.165) is 59.2 Å². The summed E-state index contributed by atoms with van der Waals surface area (Å²) in [5.41, 5.74) is 3.87. The molecule has 0 unspecified atom stereocenters. The maximum Gasteiger partial charge on any atom is 0.254 e. The zero-order valence-corrected chi connectivity index (χ0v) is 15.6. The number of imidazole rings is 1. The largest absolute Gasteiger partial charge is 0.336 e. The molecule has 1 saturated heterocycles. The minimum absolute atomic E-state index is 0.138. The van der Waals surface area contributed by atoms with Crippen molar-refractivity contribution < 1.29 is 4.79 Å². The Bertz CT molecular complexity index is 882. The van der Waals surface area contributed by atoms with Crippen LogP contribution in [0, 0.1) is 0 Å². The van der Waals surface area contributed by atoms with Crippen LogP contribution in [0.25, 0.3) is 11.0 Å². The maximum atomic E-state index is 13.0. The zero-order chi connectivity index (χ0) is 17.9. The van der Waals surface area contributed by atoms with E-state index < -0.39 is 0 Å². The molecule has 0 spiro atoms. The van der Waals surface area contributed by atoms with Crippen molar-refractivity contribution >= 4 is 28.7 Å². The Balaban J connectivity index is 1.49. The van der Waals surface area contributed by atoms with Gasteiger partial charge in [-0.15, -0.1) is 0 Å². The molecule has 1 fully saturated rings. The second kappa shape index (κ2) is 7.51. The van der Waals surface area contributed by atoms with E-state index in [2.05, 4.69) is 21.9 Å². The summed E-state index contributed by atoms with van der Waals surface area (Å²) in [5.74, 6) is 0.856. The summed E-state index contributed by atoms with van der Waals surface area (Å²) in [5, 5.41) is 0.882. The number of aromatic amines is 1. The van der Waals surface area contributed by atoms with Crippen LogP contribution in [-0.4, -0.2) is 58.9 Å². The van der Waals surface area contributed by atoms with Gasteiger partial charge in [-0.2, -0.15) is 0 Å². The first-order chi connectivity index (χ1) is 12.7. The highest BCUT2D eigenvalue weighted by Crippen LogP contribution is 2.25. The van der Waals surface area contributed by atoms with E-state index in [9.17, 15) is 4.79 Å². The molecule has 0 radical (unpaired) electrons. The summed E-state index contributed by atoms with van der Waals surface area (Å²) in [6, 6.07) is 15.9. The third kappa shape index (κ3) is 3.61. The number of benzene rings is 2. The molecule has 3 aromatic rings. The summed E-state index contributed by atoms with van der Waals surface area (Å²) in [4.78, 5) is 25.1. The van der Waals surface area contributed by atoms with Crippen molar-refractivity contribution in [3.63, 3.8) is 0 Å². The van der Waals surface area contributed by atoms with Gasteiger partial charge in [0, 0.05) is 37.5 Å². The average Bonchev–Trinajstić information content (AvgIpc) is 3.10. The number of piperazine rings is 1. The number of thioether (sulfide) groups is 1. The van der Waals surface area contributed by atoms with Crippen LogP contribution in [0.15, 0.2) is 53.7 Å². The fourth-order valence-corrected chi connectivity index (χ4v) is 4.07. The lowest BCUT2D eigenvalue weighted by atomic mass is 10.1. The molecule has 1 aromatic heterocycles. The lowest BCUT2D eigenvalue weighted by molar-refractivity contribution is 0.0663. The fraction of sp³-hybridized carbons (Fsp3) is 0.300. The molecule has 4 rings (SSSR count). The van der Waals surface area contributed by atoms with Gasteiger partial charge in [-0.05, 0) is 30.8 Å². The highest BCUT2D eigenvalue weighted by Gasteiger charge is 2.22. The minimum Gasteiger partial charge on any atom is -0.336 e. The van der Waals surface area contributed by atoms with Gasteiger partial charge in [0.2, 0.25) is 0 Å². The van der Waals surface area contributed by atoms with Gasteiger partial charge < -0.3 is 14.8 Å². The monoisotopic (exact) mass is 366 g/mol. The number of hydrogen-bond acceptors (Lipinski definition) is 4. The van der Waals surface area contributed by atoms with Gasteiger partial charge in [0.1, 0.15) is 0 Å². The van der Waals surface area contributed by atoms with Gasteiger partial charge >= 0.3 is 0 Å². The van der Waals surface area contributed by atoms with Crippen molar-refractivity contribution in [3.05, 3.63) is 59.7 Å². The number of H-pyrrole nitrogens is 1. The molecule has 0 saturated carbocycles. The Morgan fingerprint density at radius 1 is 1.08 bits per heavy atom. The molecule has 2 heterocycles. The number of aromatic nitrogens is 2. The Morgan fingerprint density at radius 2 is 1.81 bits per heavy atom. The SMILES string of the molecule is CN1CCN(C(=O)c2ccccc2CSc2nc3ccccc3[nH]2)CC1. The Kier molecular flexibility index (Phi) is 4.95. The van der Waals surface area contributed by atoms with Crippen molar-refractivity contribution in [2.24, 2.45) is 0 Å². The van der Waals surface area contributed by atoms with Crippen LogP contribution in [0.3, 0.4) is 0 Å². The summed E-state index contributed by atoms with van der Waals surface area (Å²) in [7, 11) is 2.10. The Hall–Kier alpha value is -2.31. The number of likely N-dealkylation sites (N-methyl/N-ethyl adjacent to an activating group) is 1. The van der Waals surface area contributed by atoms with Crippen LogP contribution in [0.5, 0.6) is 0 Å². The van der Waals surface area contributed by atoms with E-state index in [1.165, 1.54) is 0 Å². The number of nitrogens with one attached hydrogen (secondary N) is 1. The minimum atomic E-state index is 0.138. The standard InChI is InChI=1S/C20H22N4OS/c1-23-10-12-24(13-11-23)19(25)16-7-3-2-6-15(16)14-26-20-21-17-8-4-5-9-18(17)22-20/h2-9H,10-14H2,1H3,(H,21,22). The second-order valence-electron chi connectivity index (χ2n) is 6.60. The number of rotatable bonds is 4. The number of carbonyl (C=O) groups excluding carboxylic acids is 1. The normalized spacial score (nSPS) is 15.5. The van der Waals surface area contributed by atoms with Crippen LogP contribution in [0.1, 0.15) is 15.9 Å². The van der Waals surface area contributed by atoms with E-state index in [4.69, 9.17) is 0 Å². The lowest BCUT2D eigenvalue weighted by Crippen LogP contribution is -2.47. The third-order valence-electron chi connectivity index (χ3n) is 4.77. The molecule has 1 amide bonds. The second-order valence-corrected chi connectivity index (χ2v) is 7.56. The molecule has 0 aliphatic carbocycles. The molecule has 1 aliphatic heterocycles. The molecular weight excluding hydrogens is 344 g/mol. The molecular formula is C20H22N4OS. The van der Waals surface area contributed by atoms with Gasteiger partial charge in [-0.1, -0.05) is 42.1 Å². The topological polar surface area (TPSA) is 52.2 Å². The summed E-state index contributed by atoms with van der Waals surface area (Å²) >= 11 is 1.63. The van der Waals surface area contributed by atoms with Crippen LogP contribution < -0.4 is 0 Å². The van der Waals surface area contributed by atoms with E-state index in [0.29, 0.717) is 0 Å². The van der Waals surface area contributed by atoms with Crippen LogP contribution in [-0.2, 0) is 5.75 Å². The quantitative estimate of drug-likeness (QED) is 0.720. The summed E-state index contributed by atoms with van der Waals surface area (Å²) < 4.78 is 0. The van der Waals surface area contributed by atoms with Gasteiger partial charge in [0.25, 0.3) is 5.91 Å². The van der Waals surface area contributed by atoms with Crippen molar-refractivity contribution in [1.82, 2.24) is 19.8 Å². The molecule has 0 bridgehead atoms. The van der Waals surface area contributed by atoms with E-state index in [1.54, 1.807) is 11.8 Å². The maximum absolute atomic E-state index is 13.0. The van der Waals surface area contributed by atoms with Crippen LogP contribution in [0.2, 0.25) is 0 Å². The van der Waals surface area contributed by atoms with E-state index >= 15 is 0 Å². The number of fused-ring (bicyclic) bond motifs is 1. The third-order valence-corrected chi connectivity index (χ3v) is 5.69. The van der Waals surface area contributed by atoms with Crippen LogP contribution in [0.4, 0.5) is 0 Å². The molecule has 5 nitrogen and oxygen atoms in total. The predicted octanol–water partition coefficient (Wildman–Crippen LogP) is 3.24. The smallest absolute Gasteiger partial charge is 0.254 e. The molecule has 1 N–H and O–H groups in total. The van der Waals surface area contributed by atoms with Crippen molar-refractivity contribution in [3.8, 4) is 0 Å². The highest BCUT2D eigenvalue weighted by atomic mass is 32.2. The van der Waals surface area contributed by atoms with Crippen molar-refractivity contribution in [1.29, 1.82) is 0 Å². The predicted molar refractivity (Wildman–Crippen MR) is 105 cm³/mol. The zero-order valence-electron chi connectivity index (χ0n) is 14.8. The van der Waals surface area contributed by atoms with E-state index in [-0.39, 0.29) is 5.91 Å². The van der Waals surface area contributed by atoms with Crippen molar-refractivity contribution in [2.75, 3.05) is 33.2 Å². The Labute approximate surface area is 157 Å². The van der Waals surface area contributed by atoms with Gasteiger partial charge in [0.05, 0.1) is 11.0 Å². The summed E-state index contributed by atoms with van der Waals surface area (Å²) in [6.45, 7) is 3.45.